The largest absolute Gasteiger partial charge is 0.478 e. The number of nitrogens with one attached hydrogen (secondary N) is 1. The first-order valence-corrected chi connectivity index (χ1v) is 6.59. The number of carbonyl (C=O) groups is 1. The van der Waals surface area contributed by atoms with Crippen molar-refractivity contribution in [3.63, 3.8) is 0 Å². The normalized spacial score (nSPS) is 17.4. The fourth-order valence-electron chi connectivity index (χ4n) is 2.46. The Morgan fingerprint density at radius 3 is 2.79 bits per heavy atom. The average molecular weight is 266 g/mol. The fourth-order valence-corrected chi connectivity index (χ4v) is 2.46. The van der Waals surface area contributed by atoms with Crippen molar-refractivity contribution < 1.29 is 14.3 Å². The quantitative estimate of drug-likeness (QED) is 0.859. The second kappa shape index (κ2) is 6.02. The molecule has 1 unspecified atom stereocenters. The Morgan fingerprint density at radius 2 is 2.16 bits per heavy atom. The highest BCUT2D eigenvalue weighted by atomic mass is 19.1. The van der Waals surface area contributed by atoms with Crippen LogP contribution in [0.5, 0.6) is 0 Å². The Kier molecular flexibility index (Phi) is 4.37. The van der Waals surface area contributed by atoms with Gasteiger partial charge in [0.15, 0.2) is 0 Å². The van der Waals surface area contributed by atoms with Gasteiger partial charge in [0.2, 0.25) is 0 Å². The zero-order valence-electron chi connectivity index (χ0n) is 11.0. The van der Waals surface area contributed by atoms with Crippen molar-refractivity contribution >= 4 is 11.7 Å². The topological polar surface area (TPSA) is 52.6 Å². The lowest BCUT2D eigenvalue weighted by Gasteiger charge is -2.24. The van der Waals surface area contributed by atoms with Gasteiger partial charge in [-0.2, -0.15) is 0 Å². The van der Waals surface area contributed by atoms with E-state index in [2.05, 4.69) is 17.1 Å². The van der Waals surface area contributed by atoms with E-state index in [1.54, 1.807) is 6.07 Å². The van der Waals surface area contributed by atoms with Crippen molar-refractivity contribution in [2.45, 2.75) is 25.8 Å². The van der Waals surface area contributed by atoms with E-state index < -0.39 is 11.8 Å². The van der Waals surface area contributed by atoms with Crippen molar-refractivity contribution in [1.82, 2.24) is 4.90 Å². The number of anilines is 1. The minimum atomic E-state index is -1.24. The molecule has 1 fully saturated rings. The summed E-state index contributed by atoms with van der Waals surface area (Å²) < 4.78 is 13.5. The number of carboxylic acid groups (broad SMARTS) is 1. The average Bonchev–Trinajstić information content (AvgIpc) is 2.89. The molecule has 1 aromatic rings. The number of likely N-dealkylation sites (tertiary alicyclic amines) is 1. The SMILES string of the molecule is CC(CNc1cccc(F)c1C(=O)O)N1CCCC1. The van der Waals surface area contributed by atoms with Gasteiger partial charge in [-0.1, -0.05) is 6.07 Å². The predicted octanol–water partition coefficient (Wildman–Crippen LogP) is 2.42. The number of benzene rings is 1. The summed E-state index contributed by atoms with van der Waals surface area (Å²) in [5.74, 6) is -1.94. The van der Waals surface area contributed by atoms with Crippen molar-refractivity contribution in [2.24, 2.45) is 0 Å². The van der Waals surface area contributed by atoms with Gasteiger partial charge >= 0.3 is 5.97 Å². The molecule has 4 nitrogen and oxygen atoms in total. The molecule has 1 aliphatic rings. The summed E-state index contributed by atoms with van der Waals surface area (Å²) in [6.07, 6.45) is 2.43. The van der Waals surface area contributed by atoms with Crippen molar-refractivity contribution in [3.8, 4) is 0 Å². The van der Waals surface area contributed by atoms with Crippen LogP contribution in [0.3, 0.4) is 0 Å². The molecule has 0 aromatic heterocycles. The molecule has 2 rings (SSSR count). The van der Waals surface area contributed by atoms with Crippen LogP contribution < -0.4 is 5.32 Å². The third-order valence-corrected chi connectivity index (χ3v) is 3.58. The van der Waals surface area contributed by atoms with Crippen molar-refractivity contribution in [2.75, 3.05) is 25.0 Å². The summed E-state index contributed by atoms with van der Waals surface area (Å²) in [5.41, 5.74) is 0.0645. The van der Waals surface area contributed by atoms with Gasteiger partial charge in [0, 0.05) is 12.6 Å². The van der Waals surface area contributed by atoms with E-state index in [1.165, 1.54) is 25.0 Å². The summed E-state index contributed by atoms with van der Waals surface area (Å²) in [5, 5.41) is 12.1. The highest BCUT2D eigenvalue weighted by molar-refractivity contribution is 5.94. The van der Waals surface area contributed by atoms with Crippen LogP contribution in [-0.2, 0) is 0 Å². The minimum Gasteiger partial charge on any atom is -0.478 e. The Morgan fingerprint density at radius 1 is 1.47 bits per heavy atom. The van der Waals surface area contributed by atoms with Crippen molar-refractivity contribution in [1.29, 1.82) is 0 Å². The van der Waals surface area contributed by atoms with Crippen LogP contribution >= 0.6 is 0 Å². The molecule has 2 N–H and O–H groups in total. The van der Waals surface area contributed by atoms with E-state index >= 15 is 0 Å². The maximum atomic E-state index is 13.5. The van der Waals surface area contributed by atoms with Crippen LogP contribution in [0.2, 0.25) is 0 Å². The first kappa shape index (κ1) is 13.8. The zero-order chi connectivity index (χ0) is 13.8. The number of aromatic carboxylic acids is 1. The summed E-state index contributed by atoms with van der Waals surface area (Å²) >= 11 is 0. The summed E-state index contributed by atoms with van der Waals surface area (Å²) in [6, 6.07) is 4.60. The van der Waals surface area contributed by atoms with Crippen LogP contribution in [0, 0.1) is 5.82 Å². The number of hydrogen-bond acceptors (Lipinski definition) is 3. The summed E-state index contributed by atoms with van der Waals surface area (Å²) in [7, 11) is 0. The highest BCUT2D eigenvalue weighted by Gasteiger charge is 2.19. The Balaban J connectivity index is 2.02. The van der Waals surface area contributed by atoms with E-state index in [1.807, 2.05) is 0 Å². The lowest BCUT2D eigenvalue weighted by atomic mass is 10.1. The van der Waals surface area contributed by atoms with Gasteiger partial charge in [-0.05, 0) is 45.0 Å². The third-order valence-electron chi connectivity index (χ3n) is 3.58. The van der Waals surface area contributed by atoms with Crippen LogP contribution in [0.4, 0.5) is 10.1 Å². The van der Waals surface area contributed by atoms with E-state index in [0.29, 0.717) is 18.3 Å². The monoisotopic (exact) mass is 266 g/mol. The second-order valence-electron chi connectivity index (χ2n) is 4.94. The van der Waals surface area contributed by atoms with Gasteiger partial charge in [-0.3, -0.25) is 4.90 Å². The van der Waals surface area contributed by atoms with Gasteiger partial charge < -0.3 is 10.4 Å². The molecule has 0 amide bonds. The molecular weight excluding hydrogens is 247 g/mol. The molecule has 0 bridgehead atoms. The van der Waals surface area contributed by atoms with E-state index in [-0.39, 0.29) is 5.56 Å². The van der Waals surface area contributed by atoms with Crippen molar-refractivity contribution in [3.05, 3.63) is 29.6 Å². The molecule has 1 aromatic carbocycles. The van der Waals surface area contributed by atoms with E-state index in [0.717, 1.165) is 13.1 Å². The molecule has 0 spiro atoms. The van der Waals surface area contributed by atoms with Crippen LogP contribution in [-0.4, -0.2) is 41.7 Å². The zero-order valence-corrected chi connectivity index (χ0v) is 11.0. The molecule has 0 radical (unpaired) electrons. The van der Waals surface area contributed by atoms with Gasteiger partial charge in [0.25, 0.3) is 0 Å². The molecule has 1 saturated heterocycles. The molecule has 19 heavy (non-hydrogen) atoms. The van der Waals surface area contributed by atoms with Gasteiger partial charge in [0.1, 0.15) is 11.4 Å². The summed E-state index contributed by atoms with van der Waals surface area (Å²) in [6.45, 7) is 4.87. The first-order chi connectivity index (χ1) is 9.09. The highest BCUT2D eigenvalue weighted by Crippen LogP contribution is 2.19. The minimum absolute atomic E-state index is 0.281. The predicted molar refractivity (Wildman–Crippen MR) is 72.1 cm³/mol. The number of halogens is 1. The molecule has 1 aliphatic heterocycles. The third kappa shape index (κ3) is 3.23. The molecule has 1 heterocycles. The van der Waals surface area contributed by atoms with Crippen LogP contribution in [0.15, 0.2) is 18.2 Å². The Bertz CT molecular complexity index is 459. The fraction of sp³-hybridized carbons (Fsp3) is 0.500. The Hall–Kier alpha value is -1.62. The lowest BCUT2D eigenvalue weighted by molar-refractivity contribution is 0.0693. The maximum absolute atomic E-state index is 13.5. The van der Waals surface area contributed by atoms with Gasteiger partial charge in [-0.15, -0.1) is 0 Å². The smallest absolute Gasteiger partial charge is 0.340 e. The summed E-state index contributed by atoms with van der Waals surface area (Å²) in [4.78, 5) is 13.4. The number of nitrogens with zero attached hydrogens (tertiary/aromatic N) is 1. The van der Waals surface area contributed by atoms with Crippen LogP contribution in [0.25, 0.3) is 0 Å². The lowest BCUT2D eigenvalue weighted by Crippen LogP contribution is -2.35. The van der Waals surface area contributed by atoms with E-state index in [4.69, 9.17) is 5.11 Å². The molecule has 0 aliphatic carbocycles. The van der Waals surface area contributed by atoms with Gasteiger partial charge in [-0.25, -0.2) is 9.18 Å². The molecule has 1 atom stereocenters. The molecule has 5 heteroatoms. The number of rotatable bonds is 5. The second-order valence-corrected chi connectivity index (χ2v) is 4.94. The maximum Gasteiger partial charge on any atom is 0.340 e. The molecule has 0 saturated carbocycles. The van der Waals surface area contributed by atoms with E-state index in [9.17, 15) is 9.18 Å². The Labute approximate surface area is 112 Å². The molecular formula is C14H19FN2O2. The van der Waals surface area contributed by atoms with Gasteiger partial charge in [0.05, 0.1) is 5.69 Å². The van der Waals surface area contributed by atoms with Crippen LogP contribution in [0.1, 0.15) is 30.1 Å². The standard InChI is InChI=1S/C14H19FN2O2/c1-10(17-7-2-3-8-17)9-16-12-6-4-5-11(15)13(12)14(18)19/h4-6,10,16H,2-3,7-9H2,1H3,(H,18,19). The number of hydrogen-bond donors (Lipinski definition) is 2. The molecule has 104 valence electrons. The first-order valence-electron chi connectivity index (χ1n) is 6.59. The number of carboxylic acids is 1.